The zero-order chi connectivity index (χ0) is 15.6. The van der Waals surface area contributed by atoms with Gasteiger partial charge in [0.1, 0.15) is 0 Å². The van der Waals surface area contributed by atoms with Gasteiger partial charge in [-0.25, -0.2) is 0 Å². The Morgan fingerprint density at radius 2 is 2.05 bits per heavy atom. The molecule has 0 saturated carbocycles. The van der Waals surface area contributed by atoms with Crippen LogP contribution in [0.1, 0.15) is 34.5 Å². The Hall–Kier alpha value is -1.34. The van der Waals surface area contributed by atoms with Crippen molar-refractivity contribution in [1.82, 2.24) is 5.32 Å². The van der Waals surface area contributed by atoms with Crippen LogP contribution in [-0.2, 0) is 6.18 Å². The minimum atomic E-state index is -4.48. The molecule has 1 aromatic carbocycles. The molecule has 1 heterocycles. The maximum Gasteiger partial charge on any atom is 0.416 e. The molecule has 112 valence electrons. The molecule has 0 radical (unpaired) electrons. The molecule has 7 heteroatoms. The minimum Gasteiger partial charge on any atom is -0.345 e. The molecular formula is C14H11BrF3NOS. The number of carbonyl (C=O) groups is 1. The average Bonchev–Trinajstić information content (AvgIpc) is 2.91. The van der Waals surface area contributed by atoms with Crippen LogP contribution >= 0.6 is 27.3 Å². The lowest BCUT2D eigenvalue weighted by Crippen LogP contribution is -2.27. The lowest BCUT2D eigenvalue weighted by atomic mass is 10.1. The van der Waals surface area contributed by atoms with E-state index in [9.17, 15) is 18.0 Å². The Labute approximate surface area is 132 Å². The SMILES string of the molecule is CC(NC(=O)c1cc(C(F)(F)F)ccc1Br)c1ccsc1. The number of halogens is 4. The molecule has 1 aromatic heterocycles. The lowest BCUT2D eigenvalue weighted by Gasteiger charge is -2.15. The summed E-state index contributed by atoms with van der Waals surface area (Å²) in [7, 11) is 0. The standard InChI is InChI=1S/C14H11BrF3NOS/c1-8(9-4-5-21-7-9)19-13(20)11-6-10(14(16,17)18)2-3-12(11)15/h2-8H,1H3,(H,19,20). The number of nitrogens with one attached hydrogen (secondary N) is 1. The lowest BCUT2D eigenvalue weighted by molar-refractivity contribution is -0.137. The highest BCUT2D eigenvalue weighted by Gasteiger charge is 2.31. The molecule has 0 bridgehead atoms. The van der Waals surface area contributed by atoms with Gasteiger partial charge in [0.05, 0.1) is 17.2 Å². The fourth-order valence-corrected chi connectivity index (χ4v) is 2.94. The minimum absolute atomic E-state index is 0.0353. The van der Waals surface area contributed by atoms with Crippen molar-refractivity contribution in [2.24, 2.45) is 0 Å². The third kappa shape index (κ3) is 3.85. The summed E-state index contributed by atoms with van der Waals surface area (Å²) >= 11 is 4.60. The van der Waals surface area contributed by atoms with Gasteiger partial charge in [0, 0.05) is 4.47 Å². The molecule has 21 heavy (non-hydrogen) atoms. The second kappa shape index (κ2) is 6.19. The Balaban J connectivity index is 2.23. The molecule has 0 aliphatic carbocycles. The third-order valence-corrected chi connectivity index (χ3v) is 4.32. The number of hydrogen-bond acceptors (Lipinski definition) is 2. The highest BCUT2D eigenvalue weighted by atomic mass is 79.9. The summed E-state index contributed by atoms with van der Waals surface area (Å²) in [4.78, 5) is 12.1. The second-order valence-electron chi connectivity index (χ2n) is 4.44. The maximum atomic E-state index is 12.7. The Morgan fingerprint density at radius 3 is 2.62 bits per heavy atom. The van der Waals surface area contributed by atoms with Gasteiger partial charge in [-0.3, -0.25) is 4.79 Å². The number of amides is 1. The van der Waals surface area contributed by atoms with Crippen LogP contribution in [0, 0.1) is 0 Å². The van der Waals surface area contributed by atoms with E-state index < -0.39 is 17.6 Å². The first kappa shape index (κ1) is 16.0. The molecule has 1 amide bonds. The van der Waals surface area contributed by atoms with Gasteiger partial charge in [0.15, 0.2) is 0 Å². The highest BCUT2D eigenvalue weighted by molar-refractivity contribution is 9.10. The van der Waals surface area contributed by atoms with Crippen molar-refractivity contribution < 1.29 is 18.0 Å². The monoisotopic (exact) mass is 377 g/mol. The van der Waals surface area contributed by atoms with E-state index in [4.69, 9.17) is 0 Å². The molecule has 2 nitrogen and oxygen atoms in total. The van der Waals surface area contributed by atoms with Gasteiger partial charge in [-0.2, -0.15) is 24.5 Å². The van der Waals surface area contributed by atoms with Crippen LogP contribution in [0.15, 0.2) is 39.5 Å². The number of rotatable bonds is 3. The maximum absolute atomic E-state index is 12.7. The van der Waals surface area contributed by atoms with Crippen molar-refractivity contribution in [2.45, 2.75) is 19.1 Å². The molecule has 0 fully saturated rings. The Morgan fingerprint density at radius 1 is 1.33 bits per heavy atom. The van der Waals surface area contributed by atoms with Crippen molar-refractivity contribution in [2.75, 3.05) is 0 Å². The van der Waals surface area contributed by atoms with Crippen LogP contribution in [0.25, 0.3) is 0 Å². The molecule has 1 N–H and O–H groups in total. The summed E-state index contributed by atoms with van der Waals surface area (Å²) in [6.07, 6.45) is -4.48. The molecule has 1 unspecified atom stereocenters. The first-order chi connectivity index (χ1) is 9.79. The fourth-order valence-electron chi connectivity index (χ4n) is 1.75. The summed E-state index contributed by atoms with van der Waals surface area (Å²) in [5, 5.41) is 6.44. The zero-order valence-corrected chi connectivity index (χ0v) is 13.3. The number of thiophene rings is 1. The van der Waals surface area contributed by atoms with Gasteiger partial charge in [-0.05, 0) is 63.4 Å². The van der Waals surface area contributed by atoms with E-state index in [0.29, 0.717) is 4.47 Å². The molecule has 1 atom stereocenters. The number of alkyl halides is 3. The molecule has 0 saturated heterocycles. The van der Waals surface area contributed by atoms with Gasteiger partial charge in [0.25, 0.3) is 5.91 Å². The predicted molar refractivity (Wildman–Crippen MR) is 79.3 cm³/mol. The van der Waals surface area contributed by atoms with E-state index in [1.54, 1.807) is 6.92 Å². The van der Waals surface area contributed by atoms with Crippen LogP contribution in [-0.4, -0.2) is 5.91 Å². The molecule has 2 rings (SSSR count). The summed E-state index contributed by atoms with van der Waals surface area (Å²) in [5.74, 6) is -0.549. The summed E-state index contributed by atoms with van der Waals surface area (Å²) < 4.78 is 38.4. The summed E-state index contributed by atoms with van der Waals surface area (Å²) in [5.41, 5.74) is 0.0300. The summed E-state index contributed by atoms with van der Waals surface area (Å²) in [6, 6.07) is 4.59. The van der Waals surface area contributed by atoms with Gasteiger partial charge < -0.3 is 5.32 Å². The van der Waals surface area contributed by atoms with Crippen LogP contribution in [0.4, 0.5) is 13.2 Å². The topological polar surface area (TPSA) is 29.1 Å². The molecule has 2 aromatic rings. The van der Waals surface area contributed by atoms with E-state index in [-0.39, 0.29) is 11.6 Å². The zero-order valence-electron chi connectivity index (χ0n) is 10.9. The van der Waals surface area contributed by atoms with Gasteiger partial charge in [-0.1, -0.05) is 0 Å². The van der Waals surface area contributed by atoms with Crippen molar-refractivity contribution in [1.29, 1.82) is 0 Å². The largest absolute Gasteiger partial charge is 0.416 e. The van der Waals surface area contributed by atoms with Crippen LogP contribution in [0.2, 0.25) is 0 Å². The highest BCUT2D eigenvalue weighted by Crippen LogP contribution is 2.32. The quantitative estimate of drug-likeness (QED) is 0.799. The van der Waals surface area contributed by atoms with Crippen molar-refractivity contribution in [3.05, 3.63) is 56.2 Å². The molecular weight excluding hydrogens is 367 g/mol. The van der Waals surface area contributed by atoms with E-state index in [1.165, 1.54) is 17.4 Å². The van der Waals surface area contributed by atoms with Crippen molar-refractivity contribution >= 4 is 33.2 Å². The second-order valence-corrected chi connectivity index (χ2v) is 6.08. The smallest absolute Gasteiger partial charge is 0.345 e. The van der Waals surface area contributed by atoms with Crippen molar-refractivity contribution in [3.63, 3.8) is 0 Å². The molecule has 0 aliphatic heterocycles. The first-order valence-electron chi connectivity index (χ1n) is 5.98. The number of hydrogen-bond donors (Lipinski definition) is 1. The van der Waals surface area contributed by atoms with E-state index in [1.807, 2.05) is 16.8 Å². The van der Waals surface area contributed by atoms with Gasteiger partial charge in [-0.15, -0.1) is 0 Å². The number of carbonyl (C=O) groups excluding carboxylic acids is 1. The van der Waals surface area contributed by atoms with Crippen LogP contribution in [0.5, 0.6) is 0 Å². The predicted octanol–water partition coefficient (Wildman–Crippen LogP) is 5.02. The van der Waals surface area contributed by atoms with Gasteiger partial charge in [0.2, 0.25) is 0 Å². The average molecular weight is 378 g/mol. The number of benzene rings is 1. The van der Waals surface area contributed by atoms with Gasteiger partial charge >= 0.3 is 6.18 Å². The first-order valence-corrected chi connectivity index (χ1v) is 7.72. The van der Waals surface area contributed by atoms with Crippen molar-refractivity contribution in [3.8, 4) is 0 Å². The fraction of sp³-hybridized carbons (Fsp3) is 0.214. The van der Waals surface area contributed by atoms with E-state index >= 15 is 0 Å². The Kier molecular flexibility index (Phi) is 4.73. The van der Waals surface area contributed by atoms with E-state index in [0.717, 1.165) is 17.7 Å². The molecule has 0 spiro atoms. The van der Waals surface area contributed by atoms with Crippen LogP contribution in [0.3, 0.4) is 0 Å². The van der Waals surface area contributed by atoms with Crippen LogP contribution < -0.4 is 5.32 Å². The third-order valence-electron chi connectivity index (χ3n) is 2.93. The Bertz CT molecular complexity index is 640. The summed E-state index contributed by atoms with van der Waals surface area (Å²) in [6.45, 7) is 1.78. The van der Waals surface area contributed by atoms with E-state index in [2.05, 4.69) is 21.2 Å². The molecule has 0 aliphatic rings. The normalized spacial score (nSPS) is 13.0.